The van der Waals surface area contributed by atoms with Crippen LogP contribution in [0.25, 0.3) is 16.6 Å². The number of aromatic nitrogens is 4. The zero-order valence-corrected chi connectivity index (χ0v) is 16.2. The lowest BCUT2D eigenvalue weighted by Crippen LogP contribution is -2.30. The minimum absolute atomic E-state index is 0.135. The van der Waals surface area contributed by atoms with Crippen molar-refractivity contribution in [1.82, 2.24) is 24.7 Å². The predicted octanol–water partition coefficient (Wildman–Crippen LogP) is 2.10. The van der Waals surface area contributed by atoms with Crippen molar-refractivity contribution in [3.8, 4) is 16.9 Å². The molecule has 0 aliphatic carbocycles. The molecule has 0 aliphatic heterocycles. The van der Waals surface area contributed by atoms with Gasteiger partial charge in [0.1, 0.15) is 5.52 Å². The summed E-state index contributed by atoms with van der Waals surface area (Å²) in [5, 5.41) is 10.5. The maximum absolute atomic E-state index is 12.9. The number of hydrogen-bond acceptors (Lipinski definition) is 6. The molecule has 0 saturated heterocycles. The van der Waals surface area contributed by atoms with Crippen LogP contribution >= 0.6 is 0 Å². The van der Waals surface area contributed by atoms with Gasteiger partial charge in [-0.2, -0.15) is 31.8 Å². The van der Waals surface area contributed by atoms with Crippen molar-refractivity contribution in [1.29, 1.82) is 0 Å². The van der Waals surface area contributed by atoms with Crippen LogP contribution in [0.2, 0.25) is 0 Å². The third-order valence-corrected chi connectivity index (χ3v) is 4.73. The van der Waals surface area contributed by atoms with Crippen molar-refractivity contribution in [2.45, 2.75) is 25.4 Å². The number of pyridine rings is 1. The molecule has 3 aromatic heterocycles. The summed E-state index contributed by atoms with van der Waals surface area (Å²) >= 11 is 0. The van der Waals surface area contributed by atoms with Gasteiger partial charge in [-0.15, -0.1) is 0 Å². The molecule has 0 aromatic carbocycles. The first-order valence-corrected chi connectivity index (χ1v) is 9.62. The van der Waals surface area contributed by atoms with Crippen LogP contribution in [-0.2, 0) is 17.2 Å². The van der Waals surface area contributed by atoms with E-state index in [-0.39, 0.29) is 22.7 Å². The second-order valence-corrected chi connectivity index (χ2v) is 8.00. The molecule has 13 heteroatoms. The number of fused-ring (bicyclic) bond motifs is 1. The summed E-state index contributed by atoms with van der Waals surface area (Å²) in [6.07, 6.45) is 5.54. The Kier molecular flexibility index (Phi) is 5.03. The van der Waals surface area contributed by atoms with Crippen LogP contribution in [0.1, 0.15) is 24.2 Å². The van der Waals surface area contributed by atoms with E-state index >= 15 is 0 Å². The number of nitrogens with zero attached hydrogens (tertiary/aromatic N) is 4. The summed E-state index contributed by atoms with van der Waals surface area (Å²) in [6, 6.07) is 0.819. The number of amides is 1. The highest BCUT2D eigenvalue weighted by Gasteiger charge is 2.49. The van der Waals surface area contributed by atoms with E-state index in [0.29, 0.717) is 5.56 Å². The summed E-state index contributed by atoms with van der Waals surface area (Å²) in [4.78, 5) is 12.4. The molecule has 0 atom stereocenters. The molecule has 1 N–H and O–H groups in total. The van der Waals surface area contributed by atoms with Crippen LogP contribution in [-0.4, -0.2) is 45.3 Å². The van der Waals surface area contributed by atoms with Crippen LogP contribution in [0.15, 0.2) is 30.9 Å². The second-order valence-electron chi connectivity index (χ2n) is 6.46. The summed E-state index contributed by atoms with van der Waals surface area (Å²) in [5.74, 6) is -1.33. The third-order valence-electron chi connectivity index (χ3n) is 3.76. The fourth-order valence-corrected chi connectivity index (χ4v) is 3.01. The summed E-state index contributed by atoms with van der Waals surface area (Å²) in [5.41, 5.74) is -5.23. The van der Waals surface area contributed by atoms with Gasteiger partial charge >= 0.3 is 15.6 Å². The van der Waals surface area contributed by atoms with Crippen molar-refractivity contribution < 1.29 is 30.6 Å². The van der Waals surface area contributed by atoms with Crippen molar-refractivity contribution in [2.24, 2.45) is 7.05 Å². The average Bonchev–Trinajstić information content (AvgIpc) is 3.19. The Labute approximate surface area is 163 Å². The van der Waals surface area contributed by atoms with Crippen molar-refractivity contribution >= 4 is 21.5 Å². The average molecular weight is 431 g/mol. The fraction of sp³-hybridized carbons (Fsp3) is 0.312. The van der Waals surface area contributed by atoms with Gasteiger partial charge in [-0.05, 0) is 19.9 Å². The summed E-state index contributed by atoms with van der Waals surface area (Å²) in [6.45, 7) is 3.38. The number of hydrogen-bond donors (Lipinski definition) is 1. The molecule has 0 aliphatic rings. The minimum Gasteiger partial charge on any atom is -0.374 e. The monoisotopic (exact) mass is 431 g/mol. The molecule has 3 heterocycles. The van der Waals surface area contributed by atoms with E-state index in [9.17, 15) is 26.4 Å². The molecule has 29 heavy (non-hydrogen) atoms. The van der Waals surface area contributed by atoms with Gasteiger partial charge in [0.25, 0.3) is 5.91 Å². The number of rotatable bonds is 5. The van der Waals surface area contributed by atoms with Gasteiger partial charge < -0.3 is 9.50 Å². The predicted molar refractivity (Wildman–Crippen MR) is 95.6 cm³/mol. The number of alkyl halides is 3. The van der Waals surface area contributed by atoms with E-state index < -0.39 is 27.3 Å². The normalized spacial score (nSPS) is 12.5. The molecule has 9 nitrogen and oxygen atoms in total. The van der Waals surface area contributed by atoms with Gasteiger partial charge in [0.2, 0.25) is 0 Å². The van der Waals surface area contributed by atoms with Crippen LogP contribution in [0.4, 0.5) is 13.2 Å². The molecule has 0 spiro atoms. The number of carbonyl (C=O) groups excluding carboxylic acids is 1. The van der Waals surface area contributed by atoms with Gasteiger partial charge in [0, 0.05) is 36.6 Å². The van der Waals surface area contributed by atoms with Gasteiger partial charge in [0.05, 0.1) is 18.0 Å². The van der Waals surface area contributed by atoms with E-state index in [4.69, 9.17) is 0 Å². The number of halogens is 3. The van der Waals surface area contributed by atoms with Gasteiger partial charge in [0.15, 0.2) is 5.75 Å². The van der Waals surface area contributed by atoms with Crippen LogP contribution in [0.3, 0.4) is 0 Å². The smallest absolute Gasteiger partial charge is 0.374 e. The van der Waals surface area contributed by atoms with Gasteiger partial charge in [-0.3, -0.25) is 9.48 Å². The molecule has 0 fully saturated rings. The molecule has 1 amide bonds. The molecule has 0 saturated carbocycles. The van der Waals surface area contributed by atoms with E-state index in [1.807, 2.05) is 0 Å². The molecular formula is C16H16F3N5O4S. The lowest BCUT2D eigenvalue weighted by Gasteiger charge is -2.13. The quantitative estimate of drug-likeness (QED) is 0.490. The Bertz CT molecular complexity index is 1180. The van der Waals surface area contributed by atoms with Crippen LogP contribution < -0.4 is 9.50 Å². The zero-order valence-electron chi connectivity index (χ0n) is 15.4. The highest BCUT2D eigenvalue weighted by molar-refractivity contribution is 7.88. The van der Waals surface area contributed by atoms with Crippen molar-refractivity contribution in [2.75, 3.05) is 0 Å². The maximum Gasteiger partial charge on any atom is 0.534 e. The fourth-order valence-electron chi connectivity index (χ4n) is 2.55. The van der Waals surface area contributed by atoms with E-state index in [2.05, 4.69) is 19.7 Å². The first-order valence-electron chi connectivity index (χ1n) is 8.21. The molecule has 156 valence electrons. The molecule has 3 aromatic rings. The summed E-state index contributed by atoms with van der Waals surface area (Å²) < 4.78 is 68.8. The molecular weight excluding hydrogens is 415 g/mol. The van der Waals surface area contributed by atoms with Crippen LogP contribution in [0, 0.1) is 0 Å². The third kappa shape index (κ3) is 4.04. The Morgan fingerprint density at radius 3 is 2.41 bits per heavy atom. The first kappa shape index (κ1) is 20.6. The summed E-state index contributed by atoms with van der Waals surface area (Å²) in [7, 11) is -4.34. The zero-order chi connectivity index (χ0) is 21.6. The SMILES string of the molecule is CC(C)NC(=O)c1cnn2cc(-c3cnn(C)c3)cc(OS(=O)(=O)C(F)(F)F)c12. The number of aryl methyl sites for hydroxylation is 1. The standard InChI is InChI=1S/C16H16F3N5O4S/c1-9(2)22-15(25)12-6-21-24-8-10(11-5-20-23(3)7-11)4-13(14(12)24)28-29(26,27)16(17,18)19/h4-9H,1-3H3,(H,22,25). The van der Waals surface area contributed by atoms with E-state index in [1.54, 1.807) is 27.1 Å². The lowest BCUT2D eigenvalue weighted by atomic mass is 10.1. The van der Waals surface area contributed by atoms with Gasteiger partial charge in [-0.25, -0.2) is 4.52 Å². The highest BCUT2D eigenvalue weighted by Crippen LogP contribution is 2.34. The molecule has 3 rings (SSSR count). The lowest BCUT2D eigenvalue weighted by molar-refractivity contribution is -0.0499. The Morgan fingerprint density at radius 1 is 1.17 bits per heavy atom. The topological polar surface area (TPSA) is 108 Å². The Morgan fingerprint density at radius 2 is 1.86 bits per heavy atom. The van der Waals surface area contributed by atoms with E-state index in [0.717, 1.165) is 16.8 Å². The minimum atomic E-state index is -5.97. The maximum atomic E-state index is 12.9. The molecule has 0 bridgehead atoms. The van der Waals surface area contributed by atoms with Crippen molar-refractivity contribution in [3.05, 3.63) is 36.4 Å². The second kappa shape index (κ2) is 7.06. The molecule has 0 unspecified atom stereocenters. The van der Waals surface area contributed by atoms with E-state index in [1.165, 1.54) is 17.1 Å². The van der Waals surface area contributed by atoms with Crippen LogP contribution in [0.5, 0.6) is 5.75 Å². The van der Waals surface area contributed by atoms with Gasteiger partial charge in [-0.1, -0.05) is 0 Å². The Balaban J connectivity index is 2.22. The number of nitrogens with one attached hydrogen (secondary N) is 1. The number of carbonyl (C=O) groups is 1. The first-order chi connectivity index (χ1) is 13.4. The van der Waals surface area contributed by atoms with Crippen molar-refractivity contribution in [3.63, 3.8) is 0 Å². The largest absolute Gasteiger partial charge is 0.534 e. The molecule has 0 radical (unpaired) electrons. The Hall–Kier alpha value is -3.09. The highest BCUT2D eigenvalue weighted by atomic mass is 32.2.